The summed E-state index contributed by atoms with van der Waals surface area (Å²) in [6, 6.07) is 1.98. The second-order valence-corrected chi connectivity index (χ2v) is 6.15. The molecular weight excluding hydrogens is 288 g/mol. The van der Waals surface area contributed by atoms with E-state index in [1.54, 1.807) is 11.3 Å². The minimum absolute atomic E-state index is 0.336. The van der Waals surface area contributed by atoms with Gasteiger partial charge in [-0.3, -0.25) is 4.98 Å². The first-order valence-corrected chi connectivity index (χ1v) is 7.69. The van der Waals surface area contributed by atoms with Gasteiger partial charge in [-0.15, -0.1) is 11.3 Å². The zero-order chi connectivity index (χ0) is 14.7. The van der Waals surface area contributed by atoms with Crippen LogP contribution in [0.3, 0.4) is 0 Å². The summed E-state index contributed by atoms with van der Waals surface area (Å²) in [7, 11) is 0. The van der Waals surface area contributed by atoms with Crippen LogP contribution in [0.4, 0.5) is 5.69 Å². The van der Waals surface area contributed by atoms with Crippen LogP contribution in [0.25, 0.3) is 0 Å². The Bertz CT molecular complexity index is 608. The van der Waals surface area contributed by atoms with Crippen molar-refractivity contribution in [1.29, 1.82) is 0 Å². The summed E-state index contributed by atoms with van der Waals surface area (Å²) in [5.74, 6) is 0.336. The minimum Gasteiger partial charge on any atom is -0.389 e. The second-order valence-electron chi connectivity index (χ2n) is 4.79. The number of pyridine rings is 1. The van der Waals surface area contributed by atoms with Crippen LogP contribution in [0.15, 0.2) is 17.6 Å². The highest BCUT2D eigenvalue weighted by Gasteiger charge is 2.13. The third kappa shape index (κ3) is 3.32. The fourth-order valence-corrected chi connectivity index (χ4v) is 3.06. The van der Waals surface area contributed by atoms with Crippen molar-refractivity contribution in [2.75, 3.05) is 11.9 Å². The van der Waals surface area contributed by atoms with Crippen LogP contribution in [0.2, 0.25) is 0 Å². The Morgan fingerprint density at radius 3 is 2.85 bits per heavy atom. The van der Waals surface area contributed by atoms with E-state index in [9.17, 15) is 0 Å². The molecule has 1 unspecified atom stereocenters. The molecule has 0 saturated carbocycles. The van der Waals surface area contributed by atoms with Crippen molar-refractivity contribution < 1.29 is 0 Å². The lowest BCUT2D eigenvalue weighted by Crippen LogP contribution is -2.18. The van der Waals surface area contributed by atoms with Crippen molar-refractivity contribution >= 4 is 34.2 Å². The summed E-state index contributed by atoms with van der Waals surface area (Å²) < 4.78 is 0. The molecule has 0 saturated heterocycles. The molecule has 2 heterocycles. The maximum Gasteiger partial charge on any atom is 0.107 e. The van der Waals surface area contributed by atoms with E-state index in [0.717, 1.165) is 34.2 Å². The number of anilines is 1. The predicted molar refractivity (Wildman–Crippen MR) is 88.6 cm³/mol. The number of thiazole rings is 1. The third-order valence-electron chi connectivity index (χ3n) is 3.05. The van der Waals surface area contributed by atoms with Gasteiger partial charge in [0.15, 0.2) is 0 Å². The van der Waals surface area contributed by atoms with Crippen LogP contribution in [0.1, 0.15) is 34.8 Å². The van der Waals surface area contributed by atoms with Crippen molar-refractivity contribution in [2.45, 2.75) is 26.7 Å². The Morgan fingerprint density at radius 2 is 2.25 bits per heavy atom. The standard InChI is InChI=1S/C14H18N4S2/c1-8(14-16-4-5-20-14)7-17-11-6-9(2)18-10(3)12(11)13(15)19/h4-6,8H,7H2,1-3H3,(H2,15,19)(H,17,18). The van der Waals surface area contributed by atoms with E-state index >= 15 is 0 Å². The molecule has 0 aliphatic carbocycles. The van der Waals surface area contributed by atoms with E-state index in [1.807, 2.05) is 31.5 Å². The molecule has 0 aliphatic rings. The average molecular weight is 306 g/mol. The average Bonchev–Trinajstić information content (AvgIpc) is 2.88. The minimum atomic E-state index is 0.336. The van der Waals surface area contributed by atoms with Gasteiger partial charge < -0.3 is 11.1 Å². The molecule has 0 bridgehead atoms. The molecule has 0 amide bonds. The van der Waals surface area contributed by atoms with Gasteiger partial charge in [0.2, 0.25) is 0 Å². The van der Waals surface area contributed by atoms with Crippen molar-refractivity contribution in [1.82, 2.24) is 9.97 Å². The molecule has 1 atom stereocenters. The Morgan fingerprint density at radius 1 is 1.50 bits per heavy atom. The van der Waals surface area contributed by atoms with Crippen LogP contribution in [0, 0.1) is 13.8 Å². The van der Waals surface area contributed by atoms with Gasteiger partial charge in [0, 0.05) is 41.1 Å². The molecule has 2 aromatic heterocycles. The lowest BCUT2D eigenvalue weighted by Gasteiger charge is -2.16. The summed E-state index contributed by atoms with van der Waals surface area (Å²) in [5.41, 5.74) is 9.40. The summed E-state index contributed by atoms with van der Waals surface area (Å²) in [6.45, 7) is 6.82. The number of aromatic nitrogens is 2. The fraction of sp³-hybridized carbons (Fsp3) is 0.357. The molecule has 6 heteroatoms. The number of nitrogens with one attached hydrogen (secondary N) is 1. The van der Waals surface area contributed by atoms with Crippen molar-refractivity contribution in [2.24, 2.45) is 5.73 Å². The van der Waals surface area contributed by atoms with Gasteiger partial charge in [-0.2, -0.15) is 0 Å². The Labute approximate surface area is 128 Å². The van der Waals surface area contributed by atoms with E-state index in [-0.39, 0.29) is 0 Å². The van der Waals surface area contributed by atoms with Gasteiger partial charge in [0.25, 0.3) is 0 Å². The highest BCUT2D eigenvalue weighted by atomic mass is 32.1. The van der Waals surface area contributed by atoms with Gasteiger partial charge >= 0.3 is 0 Å². The summed E-state index contributed by atoms with van der Waals surface area (Å²) >= 11 is 6.80. The van der Waals surface area contributed by atoms with Crippen LogP contribution >= 0.6 is 23.6 Å². The quantitative estimate of drug-likeness (QED) is 0.831. The molecule has 20 heavy (non-hydrogen) atoms. The van der Waals surface area contributed by atoms with Gasteiger partial charge in [-0.05, 0) is 19.9 Å². The number of rotatable bonds is 5. The van der Waals surface area contributed by atoms with Crippen LogP contribution in [0.5, 0.6) is 0 Å². The molecule has 4 nitrogen and oxygen atoms in total. The molecule has 2 rings (SSSR count). The summed E-state index contributed by atoms with van der Waals surface area (Å²) in [5, 5.41) is 6.54. The molecule has 106 valence electrons. The Hall–Kier alpha value is -1.53. The molecule has 2 aromatic rings. The van der Waals surface area contributed by atoms with Gasteiger partial charge in [0.1, 0.15) is 4.99 Å². The second kappa shape index (κ2) is 6.28. The van der Waals surface area contributed by atoms with E-state index in [0.29, 0.717) is 10.9 Å². The van der Waals surface area contributed by atoms with E-state index in [2.05, 4.69) is 22.2 Å². The molecule has 0 aliphatic heterocycles. The van der Waals surface area contributed by atoms with E-state index in [1.165, 1.54) is 0 Å². The van der Waals surface area contributed by atoms with Crippen molar-refractivity contribution in [3.63, 3.8) is 0 Å². The van der Waals surface area contributed by atoms with Crippen LogP contribution < -0.4 is 11.1 Å². The summed E-state index contributed by atoms with van der Waals surface area (Å²) in [6.07, 6.45) is 1.83. The maximum absolute atomic E-state index is 5.81. The molecule has 3 N–H and O–H groups in total. The van der Waals surface area contributed by atoms with Crippen LogP contribution in [-0.4, -0.2) is 21.5 Å². The number of hydrogen-bond acceptors (Lipinski definition) is 5. The monoisotopic (exact) mass is 306 g/mol. The number of nitrogens with two attached hydrogens (primary N) is 1. The molecule has 0 aromatic carbocycles. The maximum atomic E-state index is 5.81. The predicted octanol–water partition coefficient (Wildman–Crippen LogP) is 3.00. The number of nitrogens with zero attached hydrogens (tertiary/aromatic N) is 2. The topological polar surface area (TPSA) is 63.8 Å². The first-order valence-electron chi connectivity index (χ1n) is 6.40. The smallest absolute Gasteiger partial charge is 0.107 e. The zero-order valence-electron chi connectivity index (χ0n) is 11.8. The molecular formula is C14H18N4S2. The SMILES string of the molecule is Cc1cc(NCC(C)c2nccs2)c(C(N)=S)c(C)n1. The summed E-state index contributed by atoms with van der Waals surface area (Å²) in [4.78, 5) is 9.13. The number of thiocarbonyl (C=S) groups is 1. The van der Waals surface area contributed by atoms with Gasteiger partial charge in [0.05, 0.1) is 10.6 Å². The number of aryl methyl sites for hydroxylation is 2. The van der Waals surface area contributed by atoms with E-state index in [4.69, 9.17) is 18.0 Å². The normalized spacial score (nSPS) is 12.2. The molecule has 0 fully saturated rings. The van der Waals surface area contributed by atoms with Crippen molar-refractivity contribution in [3.05, 3.63) is 39.6 Å². The highest BCUT2D eigenvalue weighted by molar-refractivity contribution is 7.80. The molecule has 0 spiro atoms. The lowest BCUT2D eigenvalue weighted by molar-refractivity contribution is 0.794. The first kappa shape index (κ1) is 14.9. The lowest BCUT2D eigenvalue weighted by atomic mass is 10.1. The zero-order valence-corrected chi connectivity index (χ0v) is 13.4. The van der Waals surface area contributed by atoms with Crippen LogP contribution in [-0.2, 0) is 0 Å². The fourth-order valence-electron chi connectivity index (χ4n) is 2.11. The Balaban J connectivity index is 2.19. The van der Waals surface area contributed by atoms with Gasteiger partial charge in [-0.25, -0.2) is 4.98 Å². The van der Waals surface area contributed by atoms with Gasteiger partial charge in [-0.1, -0.05) is 19.1 Å². The Kier molecular flexibility index (Phi) is 4.67. The third-order valence-corrected chi connectivity index (χ3v) is 4.26. The van der Waals surface area contributed by atoms with Crippen molar-refractivity contribution in [3.8, 4) is 0 Å². The number of hydrogen-bond donors (Lipinski definition) is 2. The first-order chi connectivity index (χ1) is 9.49. The highest BCUT2D eigenvalue weighted by Crippen LogP contribution is 2.22. The largest absolute Gasteiger partial charge is 0.389 e. The molecule has 0 radical (unpaired) electrons. The van der Waals surface area contributed by atoms with E-state index < -0.39 is 0 Å².